The second-order valence-electron chi connectivity index (χ2n) is 4.69. The number of carboxylic acid groups (broad SMARTS) is 1. The Hall–Kier alpha value is -2.89. The number of H-pyrrole nitrogens is 1. The SMILES string of the molecule is O=C(O)[C@@H](Cc1c[nH]c2ccccc12)Nc1ccncn1. The Morgan fingerprint density at radius 3 is 2.95 bits per heavy atom. The largest absolute Gasteiger partial charge is 0.480 e. The molecule has 0 saturated heterocycles. The first-order valence-electron chi connectivity index (χ1n) is 6.54. The third-order valence-electron chi connectivity index (χ3n) is 3.30. The predicted molar refractivity (Wildman–Crippen MR) is 79.1 cm³/mol. The number of rotatable bonds is 5. The summed E-state index contributed by atoms with van der Waals surface area (Å²) in [6.07, 6.45) is 5.17. The normalized spacial score (nSPS) is 12.2. The van der Waals surface area contributed by atoms with Crippen LogP contribution >= 0.6 is 0 Å². The number of aromatic nitrogens is 3. The zero-order valence-corrected chi connectivity index (χ0v) is 11.2. The van der Waals surface area contributed by atoms with E-state index in [1.807, 2.05) is 30.5 Å². The highest BCUT2D eigenvalue weighted by Gasteiger charge is 2.19. The maximum Gasteiger partial charge on any atom is 0.326 e. The maximum absolute atomic E-state index is 11.5. The molecule has 0 bridgehead atoms. The zero-order valence-electron chi connectivity index (χ0n) is 11.2. The van der Waals surface area contributed by atoms with Crippen LogP contribution in [0.4, 0.5) is 5.82 Å². The summed E-state index contributed by atoms with van der Waals surface area (Å²) in [4.78, 5) is 22.4. The third-order valence-corrected chi connectivity index (χ3v) is 3.30. The number of nitrogens with one attached hydrogen (secondary N) is 2. The zero-order chi connectivity index (χ0) is 14.7. The van der Waals surface area contributed by atoms with Gasteiger partial charge in [0.25, 0.3) is 0 Å². The second-order valence-corrected chi connectivity index (χ2v) is 4.69. The highest BCUT2D eigenvalue weighted by Crippen LogP contribution is 2.20. The van der Waals surface area contributed by atoms with Crippen LogP contribution in [-0.4, -0.2) is 32.1 Å². The average molecular weight is 282 g/mol. The lowest BCUT2D eigenvalue weighted by Crippen LogP contribution is -2.31. The van der Waals surface area contributed by atoms with Gasteiger partial charge >= 0.3 is 5.97 Å². The fourth-order valence-electron chi connectivity index (χ4n) is 2.28. The van der Waals surface area contributed by atoms with Crippen molar-refractivity contribution in [2.75, 3.05) is 5.32 Å². The van der Waals surface area contributed by atoms with E-state index in [-0.39, 0.29) is 0 Å². The van der Waals surface area contributed by atoms with Crippen molar-refractivity contribution in [2.24, 2.45) is 0 Å². The molecule has 1 aromatic carbocycles. The highest BCUT2D eigenvalue weighted by molar-refractivity contribution is 5.85. The van der Waals surface area contributed by atoms with Gasteiger partial charge in [-0.15, -0.1) is 0 Å². The van der Waals surface area contributed by atoms with E-state index in [1.165, 1.54) is 6.33 Å². The molecule has 3 N–H and O–H groups in total. The number of fused-ring (bicyclic) bond motifs is 1. The van der Waals surface area contributed by atoms with Gasteiger partial charge in [-0.3, -0.25) is 0 Å². The van der Waals surface area contributed by atoms with Gasteiger partial charge in [0, 0.05) is 29.7 Å². The number of para-hydroxylation sites is 1. The number of nitrogens with zero attached hydrogens (tertiary/aromatic N) is 2. The Bertz CT molecular complexity index is 754. The first-order valence-corrected chi connectivity index (χ1v) is 6.54. The quantitative estimate of drug-likeness (QED) is 0.666. The molecule has 3 rings (SSSR count). The molecule has 0 aliphatic carbocycles. The molecule has 106 valence electrons. The van der Waals surface area contributed by atoms with Gasteiger partial charge in [0.2, 0.25) is 0 Å². The van der Waals surface area contributed by atoms with E-state index in [1.54, 1.807) is 12.3 Å². The van der Waals surface area contributed by atoms with Crippen molar-refractivity contribution in [1.29, 1.82) is 0 Å². The Balaban J connectivity index is 1.84. The fourth-order valence-corrected chi connectivity index (χ4v) is 2.28. The van der Waals surface area contributed by atoms with Crippen molar-refractivity contribution in [2.45, 2.75) is 12.5 Å². The highest BCUT2D eigenvalue weighted by atomic mass is 16.4. The van der Waals surface area contributed by atoms with Gasteiger partial charge in [0.15, 0.2) is 0 Å². The van der Waals surface area contributed by atoms with E-state index in [9.17, 15) is 9.90 Å². The molecule has 6 nitrogen and oxygen atoms in total. The Labute approximate surface area is 120 Å². The van der Waals surface area contributed by atoms with Crippen LogP contribution in [0.5, 0.6) is 0 Å². The third kappa shape index (κ3) is 2.84. The van der Waals surface area contributed by atoms with E-state index >= 15 is 0 Å². The van der Waals surface area contributed by atoms with Crippen molar-refractivity contribution in [3.63, 3.8) is 0 Å². The molecule has 0 saturated carbocycles. The average Bonchev–Trinajstić information content (AvgIpc) is 2.91. The van der Waals surface area contributed by atoms with Crippen molar-refractivity contribution < 1.29 is 9.90 Å². The molecule has 21 heavy (non-hydrogen) atoms. The Morgan fingerprint density at radius 1 is 1.33 bits per heavy atom. The fraction of sp³-hybridized carbons (Fsp3) is 0.133. The molecule has 0 aliphatic heterocycles. The summed E-state index contributed by atoms with van der Waals surface area (Å²) in [5.74, 6) is -0.420. The lowest BCUT2D eigenvalue weighted by atomic mass is 10.1. The van der Waals surface area contributed by atoms with Gasteiger partial charge in [-0.2, -0.15) is 0 Å². The maximum atomic E-state index is 11.5. The minimum absolute atomic E-state index is 0.364. The van der Waals surface area contributed by atoms with Crippen LogP contribution in [-0.2, 0) is 11.2 Å². The van der Waals surface area contributed by atoms with E-state index in [0.717, 1.165) is 16.5 Å². The number of aliphatic carboxylic acids is 1. The number of carboxylic acids is 1. The Kier molecular flexibility index (Phi) is 3.51. The van der Waals surface area contributed by atoms with Crippen molar-refractivity contribution in [3.05, 3.63) is 54.6 Å². The van der Waals surface area contributed by atoms with Crippen LogP contribution in [0, 0.1) is 0 Å². The van der Waals surface area contributed by atoms with Crippen molar-refractivity contribution in [3.8, 4) is 0 Å². The number of aromatic amines is 1. The Morgan fingerprint density at radius 2 is 2.19 bits per heavy atom. The molecule has 1 atom stereocenters. The smallest absolute Gasteiger partial charge is 0.326 e. The summed E-state index contributed by atoms with van der Waals surface area (Å²) in [6.45, 7) is 0. The molecular formula is C15H14N4O2. The summed E-state index contributed by atoms with van der Waals surface area (Å²) in [5, 5.41) is 13.3. The van der Waals surface area contributed by atoms with E-state index in [0.29, 0.717) is 12.2 Å². The van der Waals surface area contributed by atoms with E-state index in [4.69, 9.17) is 0 Å². The molecular weight excluding hydrogens is 268 g/mol. The number of benzene rings is 1. The molecule has 0 aliphatic rings. The monoisotopic (exact) mass is 282 g/mol. The van der Waals surface area contributed by atoms with E-state index in [2.05, 4.69) is 20.3 Å². The van der Waals surface area contributed by atoms with Gasteiger partial charge in [0.05, 0.1) is 0 Å². The number of hydrogen-bond acceptors (Lipinski definition) is 4. The van der Waals surface area contributed by atoms with Crippen LogP contribution < -0.4 is 5.32 Å². The van der Waals surface area contributed by atoms with Crippen LogP contribution in [0.25, 0.3) is 10.9 Å². The molecule has 0 amide bonds. The van der Waals surface area contributed by atoms with Gasteiger partial charge in [-0.25, -0.2) is 14.8 Å². The molecule has 6 heteroatoms. The van der Waals surface area contributed by atoms with Crippen LogP contribution in [0.3, 0.4) is 0 Å². The van der Waals surface area contributed by atoms with Crippen molar-refractivity contribution >= 4 is 22.7 Å². The van der Waals surface area contributed by atoms with Crippen LogP contribution in [0.15, 0.2) is 49.1 Å². The lowest BCUT2D eigenvalue weighted by Gasteiger charge is -2.14. The van der Waals surface area contributed by atoms with Gasteiger partial charge < -0.3 is 15.4 Å². The van der Waals surface area contributed by atoms with Gasteiger partial charge in [0.1, 0.15) is 18.2 Å². The minimum Gasteiger partial charge on any atom is -0.480 e. The molecule has 0 unspecified atom stereocenters. The molecule has 0 radical (unpaired) electrons. The summed E-state index contributed by atoms with van der Waals surface area (Å²) < 4.78 is 0. The summed E-state index contributed by atoms with van der Waals surface area (Å²) in [6, 6.07) is 8.71. The molecule has 2 aromatic heterocycles. The summed E-state index contributed by atoms with van der Waals surface area (Å²) >= 11 is 0. The van der Waals surface area contributed by atoms with Crippen molar-refractivity contribution in [1.82, 2.24) is 15.0 Å². The summed E-state index contributed by atoms with van der Waals surface area (Å²) in [5.41, 5.74) is 1.96. The van der Waals surface area contributed by atoms with Gasteiger partial charge in [-0.05, 0) is 17.7 Å². The number of anilines is 1. The topological polar surface area (TPSA) is 90.9 Å². The van der Waals surface area contributed by atoms with E-state index < -0.39 is 12.0 Å². The first kappa shape index (κ1) is 13.1. The summed E-state index contributed by atoms with van der Waals surface area (Å²) in [7, 11) is 0. The molecule has 0 spiro atoms. The molecule has 3 aromatic rings. The standard InChI is InChI=1S/C15H14N4O2/c20-15(21)13(19-14-5-6-16-9-18-14)7-10-8-17-12-4-2-1-3-11(10)12/h1-6,8-9,13,17H,7H2,(H,20,21)(H,16,18,19)/t13-/m1/s1. The lowest BCUT2D eigenvalue weighted by molar-refractivity contribution is -0.137. The molecule has 2 heterocycles. The number of hydrogen-bond donors (Lipinski definition) is 3. The van der Waals surface area contributed by atoms with Crippen LogP contribution in [0.1, 0.15) is 5.56 Å². The van der Waals surface area contributed by atoms with Crippen LogP contribution in [0.2, 0.25) is 0 Å². The predicted octanol–water partition coefficient (Wildman–Crippen LogP) is 2.07. The minimum atomic E-state index is -0.918. The number of carbonyl (C=O) groups is 1. The molecule has 0 fully saturated rings. The first-order chi connectivity index (χ1) is 10.2. The van der Waals surface area contributed by atoms with Gasteiger partial charge in [-0.1, -0.05) is 18.2 Å². The second kappa shape index (κ2) is 5.62.